The minimum atomic E-state index is -0.401. The third kappa shape index (κ3) is 2.32. The van der Waals surface area contributed by atoms with E-state index in [1.807, 2.05) is 29.2 Å². The highest BCUT2D eigenvalue weighted by Gasteiger charge is 2.61. The van der Waals surface area contributed by atoms with Gasteiger partial charge in [-0.3, -0.25) is 19.3 Å². The Hall–Kier alpha value is -2.95. The molecule has 0 N–H and O–H groups in total. The zero-order valence-corrected chi connectivity index (χ0v) is 16.8. The molecule has 3 amide bonds. The second kappa shape index (κ2) is 6.53. The summed E-state index contributed by atoms with van der Waals surface area (Å²) in [6.07, 6.45) is 3.12. The molecule has 30 heavy (non-hydrogen) atoms. The van der Waals surface area contributed by atoms with Crippen LogP contribution in [0.3, 0.4) is 0 Å². The lowest BCUT2D eigenvalue weighted by atomic mass is 9.55. The molecule has 2 aromatic rings. The number of nitrogens with zero attached hydrogens (tertiary/aromatic N) is 2. The molecule has 0 unspecified atom stereocenters. The van der Waals surface area contributed by atoms with Crippen molar-refractivity contribution in [1.82, 2.24) is 9.80 Å². The van der Waals surface area contributed by atoms with Gasteiger partial charge in [0, 0.05) is 24.9 Å². The fourth-order valence-electron chi connectivity index (χ4n) is 6.27. The smallest absolute Gasteiger partial charge is 0.242 e. The highest BCUT2D eigenvalue weighted by Crippen LogP contribution is 2.60. The van der Waals surface area contributed by atoms with Crippen molar-refractivity contribution in [2.24, 2.45) is 11.8 Å². The van der Waals surface area contributed by atoms with Crippen LogP contribution in [-0.2, 0) is 14.4 Å². The van der Waals surface area contributed by atoms with Gasteiger partial charge in [0.2, 0.25) is 17.7 Å². The van der Waals surface area contributed by atoms with Crippen LogP contribution in [0.4, 0.5) is 0 Å². The van der Waals surface area contributed by atoms with Crippen molar-refractivity contribution in [2.75, 3.05) is 19.6 Å². The monoisotopic (exact) mass is 400 g/mol. The molecule has 0 spiro atoms. The van der Waals surface area contributed by atoms with E-state index in [-0.39, 0.29) is 36.1 Å². The van der Waals surface area contributed by atoms with E-state index in [1.165, 1.54) is 4.90 Å². The van der Waals surface area contributed by atoms with Crippen molar-refractivity contribution < 1.29 is 14.4 Å². The Labute approximate surface area is 175 Å². The lowest BCUT2D eigenvalue weighted by Gasteiger charge is -2.45. The summed E-state index contributed by atoms with van der Waals surface area (Å²) in [6.45, 7) is 1.34. The molecule has 3 aliphatic carbocycles. The summed E-state index contributed by atoms with van der Waals surface area (Å²) >= 11 is 0. The molecule has 0 radical (unpaired) electrons. The summed E-state index contributed by atoms with van der Waals surface area (Å²) in [5, 5.41) is 0. The SMILES string of the molecule is O=C(CN1C(=O)[C@@H]2C3c4ccccc4C(c4ccccc43)[C@@H]2C1=O)N1CCCCC1. The first-order chi connectivity index (χ1) is 14.7. The van der Waals surface area contributed by atoms with Gasteiger partial charge >= 0.3 is 0 Å². The van der Waals surface area contributed by atoms with Crippen molar-refractivity contribution >= 4 is 17.7 Å². The van der Waals surface area contributed by atoms with Crippen molar-refractivity contribution in [1.29, 1.82) is 0 Å². The van der Waals surface area contributed by atoms with E-state index in [0.29, 0.717) is 0 Å². The zero-order chi connectivity index (χ0) is 20.4. The first-order valence-electron chi connectivity index (χ1n) is 11.0. The van der Waals surface area contributed by atoms with Crippen LogP contribution in [0.25, 0.3) is 0 Å². The molecule has 7 rings (SSSR count). The number of carbonyl (C=O) groups excluding carboxylic acids is 3. The van der Waals surface area contributed by atoms with Crippen LogP contribution in [0.2, 0.25) is 0 Å². The molecule has 152 valence electrons. The summed E-state index contributed by atoms with van der Waals surface area (Å²) < 4.78 is 0. The standard InChI is InChI=1S/C25H24N2O3/c28-19(26-12-6-1-7-13-26)14-27-24(29)22-20-15-8-2-3-9-16(15)21(23(22)25(27)30)18-11-5-4-10-17(18)20/h2-5,8-11,20-23H,1,6-7,12-14H2/t20?,21?,22-,23+. The molecular weight excluding hydrogens is 376 g/mol. The number of carbonyl (C=O) groups is 3. The second-order valence-corrected chi connectivity index (χ2v) is 8.97. The predicted molar refractivity (Wildman–Crippen MR) is 111 cm³/mol. The van der Waals surface area contributed by atoms with Crippen LogP contribution in [0.5, 0.6) is 0 Å². The lowest BCUT2D eigenvalue weighted by molar-refractivity contribution is -0.147. The summed E-state index contributed by atoms with van der Waals surface area (Å²) in [4.78, 5) is 42.9. The Balaban J connectivity index is 1.39. The minimum absolute atomic E-state index is 0.0996. The fourth-order valence-corrected chi connectivity index (χ4v) is 6.27. The van der Waals surface area contributed by atoms with Crippen LogP contribution >= 0.6 is 0 Å². The normalized spacial score (nSPS) is 28.9. The van der Waals surface area contributed by atoms with Crippen LogP contribution in [0, 0.1) is 11.8 Å². The van der Waals surface area contributed by atoms with Gasteiger partial charge in [0.1, 0.15) is 6.54 Å². The van der Waals surface area contributed by atoms with Gasteiger partial charge in [-0.1, -0.05) is 48.5 Å². The first-order valence-corrected chi connectivity index (χ1v) is 11.0. The van der Waals surface area contributed by atoms with Crippen molar-refractivity contribution in [3.63, 3.8) is 0 Å². The third-order valence-electron chi connectivity index (χ3n) is 7.54. The van der Waals surface area contributed by atoms with E-state index in [2.05, 4.69) is 24.3 Å². The van der Waals surface area contributed by atoms with E-state index in [1.54, 1.807) is 0 Å². The average Bonchev–Trinajstić information content (AvgIpc) is 3.05. The summed E-state index contributed by atoms with van der Waals surface area (Å²) in [5.41, 5.74) is 4.64. The van der Waals surface area contributed by atoms with Gasteiger partial charge in [-0.05, 0) is 41.5 Å². The number of amides is 3. The maximum absolute atomic E-state index is 13.5. The van der Waals surface area contributed by atoms with Crippen molar-refractivity contribution in [2.45, 2.75) is 31.1 Å². The first kappa shape index (κ1) is 17.9. The molecule has 0 aromatic heterocycles. The van der Waals surface area contributed by atoms with Gasteiger partial charge in [0.25, 0.3) is 0 Å². The highest BCUT2D eigenvalue weighted by molar-refractivity contribution is 6.09. The summed E-state index contributed by atoms with van der Waals surface area (Å²) in [6, 6.07) is 16.4. The number of rotatable bonds is 2. The average molecular weight is 400 g/mol. The van der Waals surface area contributed by atoms with Gasteiger partial charge in [0.15, 0.2) is 0 Å². The Bertz CT molecular complexity index is 956. The number of benzene rings is 2. The van der Waals surface area contributed by atoms with Crippen LogP contribution in [0.15, 0.2) is 48.5 Å². The number of hydrogen-bond donors (Lipinski definition) is 0. The lowest BCUT2D eigenvalue weighted by Crippen LogP contribution is -2.45. The largest absolute Gasteiger partial charge is 0.341 e. The van der Waals surface area contributed by atoms with E-state index in [9.17, 15) is 14.4 Å². The van der Waals surface area contributed by atoms with Gasteiger partial charge in [-0.15, -0.1) is 0 Å². The summed E-state index contributed by atoms with van der Waals surface area (Å²) in [5.74, 6) is -1.47. The van der Waals surface area contributed by atoms with Crippen molar-refractivity contribution in [3.8, 4) is 0 Å². The van der Waals surface area contributed by atoms with Gasteiger partial charge in [-0.2, -0.15) is 0 Å². The fraction of sp³-hybridized carbons (Fsp3) is 0.400. The number of imide groups is 1. The Morgan fingerprint density at radius 1 is 0.733 bits per heavy atom. The second-order valence-electron chi connectivity index (χ2n) is 8.97. The molecule has 2 aliphatic heterocycles. The topological polar surface area (TPSA) is 57.7 Å². The van der Waals surface area contributed by atoms with E-state index in [4.69, 9.17) is 0 Å². The van der Waals surface area contributed by atoms with E-state index < -0.39 is 11.8 Å². The molecule has 2 bridgehead atoms. The molecule has 0 saturated carbocycles. The Kier molecular flexibility index (Phi) is 3.89. The van der Waals surface area contributed by atoms with Crippen molar-refractivity contribution in [3.05, 3.63) is 70.8 Å². The molecule has 5 nitrogen and oxygen atoms in total. The minimum Gasteiger partial charge on any atom is -0.341 e. The predicted octanol–water partition coefficient (Wildman–Crippen LogP) is 2.89. The molecule has 2 aromatic carbocycles. The summed E-state index contributed by atoms with van der Waals surface area (Å²) in [7, 11) is 0. The molecule has 5 heteroatoms. The van der Waals surface area contributed by atoms with Gasteiger partial charge in [-0.25, -0.2) is 0 Å². The maximum Gasteiger partial charge on any atom is 0.242 e. The molecule has 2 fully saturated rings. The third-order valence-corrected chi connectivity index (χ3v) is 7.54. The molecular formula is C25H24N2O3. The molecule has 2 heterocycles. The van der Waals surface area contributed by atoms with Crippen LogP contribution in [0.1, 0.15) is 53.4 Å². The molecule has 2 saturated heterocycles. The Morgan fingerprint density at radius 3 is 1.60 bits per heavy atom. The Morgan fingerprint density at radius 2 is 1.17 bits per heavy atom. The molecule has 2 atom stereocenters. The van der Waals surface area contributed by atoms with E-state index >= 15 is 0 Å². The number of hydrogen-bond acceptors (Lipinski definition) is 3. The highest BCUT2D eigenvalue weighted by atomic mass is 16.2. The molecule has 5 aliphatic rings. The van der Waals surface area contributed by atoms with Crippen LogP contribution in [-0.4, -0.2) is 47.2 Å². The van der Waals surface area contributed by atoms with Gasteiger partial charge in [0.05, 0.1) is 11.8 Å². The number of likely N-dealkylation sites (tertiary alicyclic amines) is 2. The van der Waals surface area contributed by atoms with Crippen LogP contribution < -0.4 is 0 Å². The quantitative estimate of drug-likeness (QED) is 0.729. The maximum atomic E-state index is 13.5. The van der Waals surface area contributed by atoms with E-state index in [0.717, 1.165) is 54.6 Å². The zero-order valence-electron chi connectivity index (χ0n) is 16.8. The number of piperidine rings is 1. The van der Waals surface area contributed by atoms with Gasteiger partial charge < -0.3 is 4.90 Å².